The minimum atomic E-state index is -0.347. The van der Waals surface area contributed by atoms with Crippen molar-refractivity contribution in [3.63, 3.8) is 0 Å². The van der Waals surface area contributed by atoms with Crippen LogP contribution in [0.1, 0.15) is 29.8 Å². The van der Waals surface area contributed by atoms with Crippen molar-refractivity contribution in [2.75, 3.05) is 12.8 Å². The number of nitrogen functional groups attached to an aromatic ring is 1. The molecule has 1 heterocycles. The Labute approximate surface area is 92.3 Å². The predicted octanol–water partition coefficient (Wildman–Crippen LogP) is -0.0509. The van der Waals surface area contributed by atoms with Crippen LogP contribution in [0, 0.1) is 0 Å². The molecule has 88 valence electrons. The number of carbonyl (C=O) groups is 1. The zero-order valence-electron chi connectivity index (χ0n) is 8.97. The summed E-state index contributed by atoms with van der Waals surface area (Å²) < 4.78 is 9.58. The largest absolute Gasteiger partial charge is 0.381 e. The van der Waals surface area contributed by atoms with Crippen molar-refractivity contribution in [2.24, 2.45) is 0 Å². The van der Waals surface area contributed by atoms with E-state index in [4.69, 9.17) is 10.5 Å². The van der Waals surface area contributed by atoms with Crippen LogP contribution in [-0.2, 0) is 4.74 Å². The summed E-state index contributed by atoms with van der Waals surface area (Å²) in [5.74, 6) is -0.334. The molecule has 1 saturated carbocycles. The number of nitrogens with one attached hydrogen (secondary N) is 1. The van der Waals surface area contributed by atoms with Gasteiger partial charge in [-0.2, -0.15) is 0 Å². The van der Waals surface area contributed by atoms with E-state index in [1.54, 1.807) is 7.11 Å². The maximum Gasteiger partial charge on any atom is 0.277 e. The summed E-state index contributed by atoms with van der Waals surface area (Å²) in [7, 11) is 1.68. The molecule has 0 bridgehead atoms. The van der Waals surface area contributed by atoms with Gasteiger partial charge in [-0.1, -0.05) is 0 Å². The van der Waals surface area contributed by atoms with Crippen LogP contribution in [0.15, 0.2) is 4.63 Å². The first-order chi connectivity index (χ1) is 7.70. The van der Waals surface area contributed by atoms with Gasteiger partial charge in [0.2, 0.25) is 11.5 Å². The van der Waals surface area contributed by atoms with Gasteiger partial charge in [-0.3, -0.25) is 4.79 Å². The molecule has 0 aromatic carbocycles. The molecule has 1 aromatic heterocycles. The van der Waals surface area contributed by atoms with Crippen molar-refractivity contribution < 1.29 is 14.2 Å². The van der Waals surface area contributed by atoms with Gasteiger partial charge in [-0.05, 0) is 29.6 Å². The zero-order valence-corrected chi connectivity index (χ0v) is 8.97. The van der Waals surface area contributed by atoms with E-state index < -0.39 is 0 Å². The second-order valence-electron chi connectivity index (χ2n) is 3.84. The molecule has 1 aliphatic carbocycles. The number of nitrogens with zero attached hydrogens (tertiary/aromatic N) is 2. The van der Waals surface area contributed by atoms with Gasteiger partial charge < -0.3 is 15.8 Å². The average molecular weight is 226 g/mol. The topological polar surface area (TPSA) is 103 Å². The first-order valence-corrected chi connectivity index (χ1v) is 5.12. The van der Waals surface area contributed by atoms with E-state index in [0.717, 1.165) is 19.3 Å². The normalized spacial score (nSPS) is 24.6. The van der Waals surface area contributed by atoms with Gasteiger partial charge in [0.15, 0.2) is 0 Å². The van der Waals surface area contributed by atoms with Crippen LogP contribution in [0.3, 0.4) is 0 Å². The molecule has 1 aromatic rings. The van der Waals surface area contributed by atoms with Crippen LogP contribution in [0.4, 0.5) is 5.82 Å². The lowest BCUT2D eigenvalue weighted by molar-refractivity contribution is 0.0906. The summed E-state index contributed by atoms with van der Waals surface area (Å²) in [5.41, 5.74) is 5.46. The van der Waals surface area contributed by atoms with E-state index in [1.165, 1.54) is 0 Å². The highest BCUT2D eigenvalue weighted by Gasteiger charge is 2.27. The van der Waals surface area contributed by atoms with Gasteiger partial charge in [0, 0.05) is 13.2 Å². The predicted molar refractivity (Wildman–Crippen MR) is 54.6 cm³/mol. The highest BCUT2D eigenvalue weighted by atomic mass is 16.6. The second-order valence-corrected chi connectivity index (χ2v) is 3.84. The highest BCUT2D eigenvalue weighted by Crippen LogP contribution is 2.21. The van der Waals surface area contributed by atoms with Gasteiger partial charge in [0.1, 0.15) is 0 Å². The number of aromatic nitrogens is 2. The van der Waals surface area contributed by atoms with Gasteiger partial charge in [-0.15, -0.1) is 0 Å². The van der Waals surface area contributed by atoms with Gasteiger partial charge >= 0.3 is 0 Å². The van der Waals surface area contributed by atoms with Gasteiger partial charge in [0.25, 0.3) is 5.91 Å². The molecule has 1 amide bonds. The molecular formula is C9H14N4O3. The van der Waals surface area contributed by atoms with E-state index in [2.05, 4.69) is 20.3 Å². The quantitative estimate of drug-likeness (QED) is 0.748. The number of rotatable bonds is 3. The fourth-order valence-corrected chi connectivity index (χ4v) is 1.89. The van der Waals surface area contributed by atoms with Crippen LogP contribution >= 0.6 is 0 Å². The molecule has 7 heteroatoms. The first-order valence-electron chi connectivity index (χ1n) is 5.12. The number of ether oxygens (including phenoxy) is 1. The molecular weight excluding hydrogens is 212 g/mol. The summed E-state index contributed by atoms with van der Waals surface area (Å²) in [6.07, 6.45) is 2.88. The minimum Gasteiger partial charge on any atom is -0.381 e. The molecule has 1 fully saturated rings. The van der Waals surface area contributed by atoms with Crippen LogP contribution in [0.2, 0.25) is 0 Å². The zero-order chi connectivity index (χ0) is 11.5. The molecule has 7 nitrogen and oxygen atoms in total. The molecule has 0 spiro atoms. The van der Waals surface area contributed by atoms with E-state index in [1.807, 2.05) is 0 Å². The Balaban J connectivity index is 1.91. The number of hydrogen-bond acceptors (Lipinski definition) is 6. The Morgan fingerprint density at radius 1 is 1.56 bits per heavy atom. The smallest absolute Gasteiger partial charge is 0.277 e. The molecule has 2 unspecified atom stereocenters. The van der Waals surface area contributed by atoms with Crippen molar-refractivity contribution in [2.45, 2.75) is 31.4 Å². The molecule has 0 saturated heterocycles. The van der Waals surface area contributed by atoms with Crippen LogP contribution < -0.4 is 11.1 Å². The summed E-state index contributed by atoms with van der Waals surface area (Å²) in [5, 5.41) is 9.62. The molecule has 16 heavy (non-hydrogen) atoms. The van der Waals surface area contributed by atoms with Crippen LogP contribution in [0.25, 0.3) is 0 Å². The Hall–Kier alpha value is -1.63. The number of anilines is 1. The van der Waals surface area contributed by atoms with Gasteiger partial charge in [-0.25, -0.2) is 4.63 Å². The molecule has 2 rings (SSSR count). The molecule has 2 atom stereocenters. The molecule has 0 radical (unpaired) electrons. The third-order valence-corrected chi connectivity index (χ3v) is 2.78. The Morgan fingerprint density at radius 3 is 2.94 bits per heavy atom. The number of methoxy groups -OCH3 is 1. The second kappa shape index (κ2) is 4.48. The van der Waals surface area contributed by atoms with Crippen molar-refractivity contribution in [3.05, 3.63) is 5.69 Å². The average Bonchev–Trinajstić information content (AvgIpc) is 2.86. The maximum atomic E-state index is 11.7. The standard InChI is InChI=1S/C9H14N4O3/c1-15-6-3-2-5(4-6)11-9(14)7-8(10)13-16-12-7/h5-6H,2-4H2,1H3,(H2,10,13)(H,11,14). The van der Waals surface area contributed by atoms with E-state index in [9.17, 15) is 4.79 Å². The Bertz CT molecular complexity index is 379. The van der Waals surface area contributed by atoms with Gasteiger partial charge in [0.05, 0.1) is 6.10 Å². The number of carbonyl (C=O) groups excluding carboxylic acids is 1. The number of amides is 1. The number of nitrogens with two attached hydrogens (primary N) is 1. The Kier molecular flexibility index (Phi) is 3.04. The van der Waals surface area contributed by atoms with E-state index in [-0.39, 0.29) is 29.6 Å². The summed E-state index contributed by atoms with van der Waals surface area (Å²) in [6, 6.07) is 0.105. The lowest BCUT2D eigenvalue weighted by Gasteiger charge is -2.11. The first kappa shape index (κ1) is 10.9. The number of hydrogen-bond donors (Lipinski definition) is 2. The lowest BCUT2D eigenvalue weighted by atomic mass is 10.2. The van der Waals surface area contributed by atoms with E-state index >= 15 is 0 Å². The molecule has 1 aliphatic rings. The van der Waals surface area contributed by atoms with Crippen molar-refractivity contribution in [1.29, 1.82) is 0 Å². The summed E-state index contributed by atoms with van der Waals surface area (Å²) in [4.78, 5) is 11.7. The SMILES string of the molecule is COC1CCC(NC(=O)c2nonc2N)C1. The van der Waals surface area contributed by atoms with Crippen LogP contribution in [-0.4, -0.2) is 35.5 Å². The van der Waals surface area contributed by atoms with Crippen molar-refractivity contribution in [1.82, 2.24) is 15.6 Å². The van der Waals surface area contributed by atoms with Crippen molar-refractivity contribution >= 4 is 11.7 Å². The highest BCUT2D eigenvalue weighted by molar-refractivity contribution is 5.96. The maximum absolute atomic E-state index is 11.7. The Morgan fingerprint density at radius 2 is 2.38 bits per heavy atom. The minimum absolute atomic E-state index is 0.0128. The lowest BCUT2D eigenvalue weighted by Crippen LogP contribution is -2.34. The van der Waals surface area contributed by atoms with E-state index in [0.29, 0.717) is 0 Å². The van der Waals surface area contributed by atoms with Crippen molar-refractivity contribution in [3.8, 4) is 0 Å². The third-order valence-electron chi connectivity index (χ3n) is 2.78. The molecule has 3 N–H and O–H groups in total. The summed E-state index contributed by atoms with van der Waals surface area (Å²) in [6.45, 7) is 0. The third kappa shape index (κ3) is 2.13. The fraction of sp³-hybridized carbons (Fsp3) is 0.667. The monoisotopic (exact) mass is 226 g/mol. The molecule has 0 aliphatic heterocycles. The van der Waals surface area contributed by atoms with Crippen LogP contribution in [0.5, 0.6) is 0 Å². The summed E-state index contributed by atoms with van der Waals surface area (Å²) >= 11 is 0. The fourth-order valence-electron chi connectivity index (χ4n) is 1.89.